The van der Waals surface area contributed by atoms with Gasteiger partial charge < -0.3 is 10.2 Å². The third-order valence-electron chi connectivity index (χ3n) is 4.02. The molecule has 2 rings (SSSR count). The Balaban J connectivity index is 1.74. The third-order valence-corrected chi connectivity index (χ3v) is 5.22. The monoisotopic (exact) mass is 335 g/mol. The van der Waals surface area contributed by atoms with Gasteiger partial charge in [-0.3, -0.25) is 14.5 Å². The van der Waals surface area contributed by atoms with Crippen LogP contribution in [0.5, 0.6) is 0 Å². The Labute approximate surface area is 142 Å². The number of piperazine rings is 1. The van der Waals surface area contributed by atoms with E-state index in [9.17, 15) is 9.59 Å². The molecule has 1 aromatic rings. The van der Waals surface area contributed by atoms with E-state index in [2.05, 4.69) is 22.3 Å². The molecule has 1 saturated heterocycles. The van der Waals surface area contributed by atoms with Crippen LogP contribution in [0, 0.1) is 0 Å². The van der Waals surface area contributed by atoms with Crippen LogP contribution in [0.25, 0.3) is 0 Å². The first-order valence-corrected chi connectivity index (χ1v) is 9.02. The van der Waals surface area contributed by atoms with Gasteiger partial charge in [-0.1, -0.05) is 30.3 Å². The molecular weight excluding hydrogens is 310 g/mol. The van der Waals surface area contributed by atoms with Crippen molar-refractivity contribution in [3.63, 3.8) is 0 Å². The van der Waals surface area contributed by atoms with Crippen molar-refractivity contribution in [1.29, 1.82) is 0 Å². The Bertz CT molecular complexity index is 516. The quantitative estimate of drug-likeness (QED) is 0.849. The van der Waals surface area contributed by atoms with E-state index < -0.39 is 0 Å². The summed E-state index contributed by atoms with van der Waals surface area (Å²) in [6.45, 7) is 5.31. The fraction of sp³-hybridized carbons (Fsp3) is 0.529. The lowest BCUT2D eigenvalue weighted by atomic mass is 10.2. The summed E-state index contributed by atoms with van der Waals surface area (Å²) in [5.41, 5.74) is 1.24. The smallest absolute Gasteiger partial charge is 0.235 e. The molecule has 1 heterocycles. The van der Waals surface area contributed by atoms with E-state index in [0.29, 0.717) is 19.6 Å². The molecule has 1 fully saturated rings. The van der Waals surface area contributed by atoms with E-state index in [1.165, 1.54) is 5.56 Å². The summed E-state index contributed by atoms with van der Waals surface area (Å²) in [6, 6.07) is 10.2. The Morgan fingerprint density at radius 2 is 1.83 bits per heavy atom. The molecule has 23 heavy (non-hydrogen) atoms. The first kappa shape index (κ1) is 17.8. The van der Waals surface area contributed by atoms with Crippen molar-refractivity contribution < 1.29 is 9.59 Å². The molecule has 0 spiro atoms. The third kappa shape index (κ3) is 5.55. The SMILES string of the molecule is CNC(=O)CN1CCN(C(=O)[C@@H](C)SCc2ccccc2)CC1. The Kier molecular flexibility index (Phi) is 6.92. The Morgan fingerprint density at radius 1 is 1.17 bits per heavy atom. The van der Waals surface area contributed by atoms with Crippen LogP contribution in [-0.4, -0.2) is 66.6 Å². The number of hydrogen-bond donors (Lipinski definition) is 1. The number of nitrogens with zero attached hydrogens (tertiary/aromatic N) is 2. The molecule has 6 heteroatoms. The van der Waals surface area contributed by atoms with Gasteiger partial charge in [0.2, 0.25) is 11.8 Å². The molecule has 126 valence electrons. The van der Waals surface area contributed by atoms with Crippen LogP contribution >= 0.6 is 11.8 Å². The zero-order valence-electron chi connectivity index (χ0n) is 13.8. The summed E-state index contributed by atoms with van der Waals surface area (Å²) >= 11 is 1.68. The van der Waals surface area contributed by atoms with Crippen LogP contribution in [0.1, 0.15) is 12.5 Å². The van der Waals surface area contributed by atoms with Gasteiger partial charge in [0.05, 0.1) is 11.8 Å². The van der Waals surface area contributed by atoms with Gasteiger partial charge in [0.15, 0.2) is 0 Å². The predicted octanol–water partition coefficient (Wildman–Crippen LogP) is 1.20. The molecule has 0 aliphatic carbocycles. The van der Waals surface area contributed by atoms with Crippen LogP contribution in [0.2, 0.25) is 0 Å². The summed E-state index contributed by atoms with van der Waals surface area (Å²) in [4.78, 5) is 27.9. The van der Waals surface area contributed by atoms with Gasteiger partial charge in [-0.05, 0) is 12.5 Å². The van der Waals surface area contributed by atoms with Crippen LogP contribution < -0.4 is 5.32 Å². The topological polar surface area (TPSA) is 52.7 Å². The van der Waals surface area contributed by atoms with Gasteiger partial charge in [0, 0.05) is 39.0 Å². The van der Waals surface area contributed by atoms with Crippen molar-refractivity contribution in [2.45, 2.75) is 17.9 Å². The van der Waals surface area contributed by atoms with Crippen molar-refractivity contribution in [3.8, 4) is 0 Å². The molecule has 1 aliphatic rings. The minimum Gasteiger partial charge on any atom is -0.358 e. The molecule has 0 aromatic heterocycles. The molecule has 0 saturated carbocycles. The van der Waals surface area contributed by atoms with Gasteiger partial charge in [-0.15, -0.1) is 11.8 Å². The van der Waals surface area contributed by atoms with Crippen molar-refractivity contribution in [2.24, 2.45) is 0 Å². The molecule has 0 radical (unpaired) electrons. The van der Waals surface area contributed by atoms with Gasteiger partial charge in [0.25, 0.3) is 0 Å². The number of benzene rings is 1. The second-order valence-electron chi connectivity index (χ2n) is 5.71. The van der Waals surface area contributed by atoms with Gasteiger partial charge in [0.1, 0.15) is 0 Å². The minimum atomic E-state index is -0.0410. The summed E-state index contributed by atoms with van der Waals surface area (Å²) < 4.78 is 0. The molecular formula is C17H25N3O2S. The maximum Gasteiger partial charge on any atom is 0.235 e. The van der Waals surface area contributed by atoms with Gasteiger partial charge in [-0.25, -0.2) is 0 Å². The van der Waals surface area contributed by atoms with Crippen molar-refractivity contribution in [1.82, 2.24) is 15.1 Å². The lowest BCUT2D eigenvalue weighted by Gasteiger charge is -2.35. The lowest BCUT2D eigenvalue weighted by Crippen LogP contribution is -2.52. The number of amides is 2. The zero-order valence-corrected chi connectivity index (χ0v) is 14.6. The summed E-state index contributed by atoms with van der Waals surface area (Å²) in [6.07, 6.45) is 0. The summed E-state index contributed by atoms with van der Waals surface area (Å²) in [5.74, 6) is 1.08. The zero-order chi connectivity index (χ0) is 16.7. The number of thioether (sulfide) groups is 1. The number of carbonyl (C=O) groups excluding carboxylic acids is 2. The van der Waals surface area contributed by atoms with Crippen molar-refractivity contribution in [3.05, 3.63) is 35.9 Å². The maximum atomic E-state index is 12.5. The van der Waals surface area contributed by atoms with E-state index >= 15 is 0 Å². The fourth-order valence-electron chi connectivity index (χ4n) is 2.53. The highest BCUT2D eigenvalue weighted by Crippen LogP contribution is 2.20. The first-order valence-electron chi connectivity index (χ1n) is 7.97. The molecule has 0 bridgehead atoms. The molecule has 1 aromatic carbocycles. The number of carbonyl (C=O) groups is 2. The molecule has 0 unspecified atom stereocenters. The normalized spacial score (nSPS) is 16.9. The fourth-order valence-corrected chi connectivity index (χ4v) is 3.46. The number of nitrogens with one attached hydrogen (secondary N) is 1. The first-order chi connectivity index (χ1) is 11.1. The maximum absolute atomic E-state index is 12.5. The highest BCUT2D eigenvalue weighted by molar-refractivity contribution is 7.99. The predicted molar refractivity (Wildman–Crippen MR) is 94.3 cm³/mol. The molecule has 1 N–H and O–H groups in total. The summed E-state index contributed by atoms with van der Waals surface area (Å²) in [5, 5.41) is 2.59. The van der Waals surface area contributed by atoms with E-state index in [1.54, 1.807) is 18.8 Å². The largest absolute Gasteiger partial charge is 0.358 e. The van der Waals surface area contributed by atoms with Gasteiger partial charge in [-0.2, -0.15) is 0 Å². The molecule has 2 amide bonds. The minimum absolute atomic E-state index is 0.0246. The van der Waals surface area contributed by atoms with Crippen LogP contribution in [0.15, 0.2) is 30.3 Å². The van der Waals surface area contributed by atoms with E-state index in [0.717, 1.165) is 18.8 Å². The highest BCUT2D eigenvalue weighted by Gasteiger charge is 2.25. The average Bonchev–Trinajstić information content (AvgIpc) is 2.60. The second-order valence-corrected chi connectivity index (χ2v) is 7.04. The van der Waals surface area contributed by atoms with Crippen LogP contribution in [0.4, 0.5) is 0 Å². The van der Waals surface area contributed by atoms with E-state index in [-0.39, 0.29) is 17.1 Å². The van der Waals surface area contributed by atoms with Crippen LogP contribution in [0.3, 0.4) is 0 Å². The van der Waals surface area contributed by atoms with Crippen molar-refractivity contribution in [2.75, 3.05) is 39.8 Å². The number of likely N-dealkylation sites (N-methyl/N-ethyl adjacent to an activating group) is 1. The van der Waals surface area contributed by atoms with Crippen molar-refractivity contribution >= 4 is 23.6 Å². The molecule has 5 nitrogen and oxygen atoms in total. The highest BCUT2D eigenvalue weighted by atomic mass is 32.2. The summed E-state index contributed by atoms with van der Waals surface area (Å²) in [7, 11) is 1.65. The average molecular weight is 335 g/mol. The molecule has 1 aliphatic heterocycles. The van der Waals surface area contributed by atoms with E-state index in [1.807, 2.05) is 30.0 Å². The Morgan fingerprint density at radius 3 is 2.43 bits per heavy atom. The standard InChI is InChI=1S/C17H25N3O2S/c1-14(23-13-15-6-4-3-5-7-15)17(22)20-10-8-19(9-11-20)12-16(21)18-2/h3-7,14H,8-13H2,1-2H3,(H,18,21)/t14-/m1/s1. The number of rotatable bonds is 6. The van der Waals surface area contributed by atoms with Gasteiger partial charge >= 0.3 is 0 Å². The van der Waals surface area contributed by atoms with Crippen LogP contribution in [-0.2, 0) is 15.3 Å². The second kappa shape index (κ2) is 8.93. The lowest BCUT2D eigenvalue weighted by molar-refractivity contribution is -0.132. The van der Waals surface area contributed by atoms with E-state index in [4.69, 9.17) is 0 Å². The Hall–Kier alpha value is -1.53. The molecule has 1 atom stereocenters. The number of hydrogen-bond acceptors (Lipinski definition) is 4.